The second kappa shape index (κ2) is 8.09. The Bertz CT molecular complexity index is 845. The van der Waals surface area contributed by atoms with E-state index in [0.717, 1.165) is 11.3 Å². The number of hydrogen-bond acceptors (Lipinski definition) is 5. The normalized spacial score (nSPS) is 10.8. The molecule has 0 aliphatic carbocycles. The van der Waals surface area contributed by atoms with Gasteiger partial charge in [-0.1, -0.05) is 59.8 Å². The fourth-order valence-corrected chi connectivity index (χ4v) is 3.27. The zero-order valence-corrected chi connectivity index (χ0v) is 15.0. The highest BCUT2D eigenvalue weighted by Gasteiger charge is 2.16. The monoisotopic (exact) mass is 353 g/mol. The number of nitrogens with zero attached hydrogens (tertiary/aromatic N) is 3. The third-order valence-corrected chi connectivity index (χ3v) is 4.62. The van der Waals surface area contributed by atoms with E-state index in [1.807, 2.05) is 66.1 Å². The van der Waals surface area contributed by atoms with Crippen molar-refractivity contribution in [1.29, 1.82) is 0 Å². The van der Waals surface area contributed by atoms with Gasteiger partial charge in [0.15, 0.2) is 16.8 Å². The topological polar surface area (TPSA) is 57.0 Å². The Morgan fingerprint density at radius 3 is 2.48 bits per heavy atom. The predicted molar refractivity (Wildman–Crippen MR) is 98.3 cm³/mol. The number of para-hydroxylation sites is 1. The molecule has 0 amide bonds. The van der Waals surface area contributed by atoms with Crippen LogP contribution in [-0.4, -0.2) is 33.4 Å². The van der Waals surface area contributed by atoms with Gasteiger partial charge in [0.05, 0.1) is 5.75 Å². The first-order valence-electron chi connectivity index (χ1n) is 7.90. The molecule has 5 nitrogen and oxygen atoms in total. The van der Waals surface area contributed by atoms with Crippen LogP contribution in [0.1, 0.15) is 21.7 Å². The molecule has 1 heterocycles. The van der Waals surface area contributed by atoms with Crippen LogP contribution in [0.5, 0.6) is 0 Å². The minimum atomic E-state index is 0.0703. The van der Waals surface area contributed by atoms with Gasteiger partial charge in [-0.25, -0.2) is 0 Å². The number of thioether (sulfide) groups is 1. The van der Waals surface area contributed by atoms with Gasteiger partial charge in [0.1, 0.15) is 6.61 Å². The lowest BCUT2D eigenvalue weighted by molar-refractivity contribution is 0.102. The van der Waals surface area contributed by atoms with E-state index in [1.54, 1.807) is 7.11 Å². The Morgan fingerprint density at radius 2 is 1.80 bits per heavy atom. The predicted octanol–water partition coefficient (Wildman–Crippen LogP) is 3.70. The van der Waals surface area contributed by atoms with E-state index in [2.05, 4.69) is 10.2 Å². The van der Waals surface area contributed by atoms with Crippen molar-refractivity contribution in [2.24, 2.45) is 0 Å². The minimum Gasteiger partial charge on any atom is -0.377 e. The second-order valence-electron chi connectivity index (χ2n) is 5.58. The van der Waals surface area contributed by atoms with Crippen molar-refractivity contribution < 1.29 is 9.53 Å². The van der Waals surface area contributed by atoms with Crippen molar-refractivity contribution in [3.63, 3.8) is 0 Å². The maximum atomic E-state index is 12.4. The first kappa shape index (κ1) is 17.4. The Labute approximate surface area is 151 Å². The molecule has 0 unspecified atom stereocenters. The summed E-state index contributed by atoms with van der Waals surface area (Å²) in [5.41, 5.74) is 2.79. The van der Waals surface area contributed by atoms with Crippen LogP contribution in [0.4, 0.5) is 0 Å². The second-order valence-corrected chi connectivity index (χ2v) is 6.52. The molecule has 0 radical (unpaired) electrons. The van der Waals surface area contributed by atoms with Crippen LogP contribution in [0.25, 0.3) is 5.69 Å². The Kier molecular flexibility index (Phi) is 5.63. The molecule has 128 valence electrons. The molecule has 0 fully saturated rings. The van der Waals surface area contributed by atoms with Crippen LogP contribution < -0.4 is 0 Å². The Hall–Kier alpha value is -2.44. The summed E-state index contributed by atoms with van der Waals surface area (Å²) in [4.78, 5) is 12.4. The highest BCUT2D eigenvalue weighted by molar-refractivity contribution is 7.99. The number of ketones is 1. The van der Waals surface area contributed by atoms with E-state index in [9.17, 15) is 4.79 Å². The fraction of sp³-hybridized carbons (Fsp3) is 0.211. The number of ether oxygens (including phenoxy) is 1. The zero-order valence-electron chi connectivity index (χ0n) is 14.2. The fourth-order valence-electron chi connectivity index (χ4n) is 2.41. The number of rotatable bonds is 7. The summed E-state index contributed by atoms with van der Waals surface area (Å²) in [7, 11) is 1.62. The molecule has 0 atom stereocenters. The summed E-state index contributed by atoms with van der Waals surface area (Å²) in [5.74, 6) is 1.08. The van der Waals surface area contributed by atoms with E-state index >= 15 is 0 Å². The minimum absolute atomic E-state index is 0.0703. The molecule has 0 bridgehead atoms. The number of carbonyl (C=O) groups is 1. The molecule has 6 heteroatoms. The van der Waals surface area contributed by atoms with Crippen LogP contribution in [-0.2, 0) is 11.3 Å². The molecule has 0 aliphatic heterocycles. The van der Waals surface area contributed by atoms with Crippen LogP contribution >= 0.6 is 11.8 Å². The molecule has 0 aliphatic rings. The van der Waals surface area contributed by atoms with Gasteiger partial charge >= 0.3 is 0 Å². The number of methoxy groups -OCH3 is 1. The number of Topliss-reactive ketones (excluding diaryl/α,β-unsaturated/α-hetero) is 1. The maximum Gasteiger partial charge on any atom is 0.196 e. The molecule has 2 aromatic carbocycles. The SMILES string of the molecule is COCc1nnc(SCC(=O)c2ccc(C)cc2)n1-c1ccccc1. The van der Waals surface area contributed by atoms with Crippen LogP contribution in [0.2, 0.25) is 0 Å². The van der Waals surface area contributed by atoms with E-state index in [-0.39, 0.29) is 5.78 Å². The summed E-state index contributed by atoms with van der Waals surface area (Å²) in [6.45, 7) is 2.36. The molecular formula is C19H19N3O2S. The van der Waals surface area contributed by atoms with Crippen molar-refractivity contribution in [3.8, 4) is 5.69 Å². The maximum absolute atomic E-state index is 12.4. The summed E-state index contributed by atoms with van der Waals surface area (Å²) >= 11 is 1.38. The van der Waals surface area contributed by atoms with E-state index < -0.39 is 0 Å². The van der Waals surface area contributed by atoms with Crippen molar-refractivity contribution in [1.82, 2.24) is 14.8 Å². The summed E-state index contributed by atoms with van der Waals surface area (Å²) < 4.78 is 7.14. The Balaban J connectivity index is 1.80. The zero-order chi connectivity index (χ0) is 17.6. The molecule has 3 aromatic rings. The molecule has 1 aromatic heterocycles. The molecule has 25 heavy (non-hydrogen) atoms. The third kappa shape index (κ3) is 4.15. The number of aromatic nitrogens is 3. The molecule has 0 N–H and O–H groups in total. The highest BCUT2D eigenvalue weighted by atomic mass is 32.2. The van der Waals surface area contributed by atoms with Crippen LogP contribution in [0.15, 0.2) is 59.8 Å². The highest BCUT2D eigenvalue weighted by Crippen LogP contribution is 2.23. The standard InChI is InChI=1S/C19H19N3O2S/c1-14-8-10-15(11-9-14)17(23)13-25-19-21-20-18(12-24-2)22(19)16-6-4-3-5-7-16/h3-11H,12-13H2,1-2H3. The number of hydrogen-bond donors (Lipinski definition) is 0. The lowest BCUT2D eigenvalue weighted by Crippen LogP contribution is -2.06. The van der Waals surface area contributed by atoms with Crippen LogP contribution in [0, 0.1) is 6.92 Å². The third-order valence-electron chi connectivity index (χ3n) is 3.69. The van der Waals surface area contributed by atoms with Gasteiger partial charge in [0.25, 0.3) is 0 Å². The molecule has 0 spiro atoms. The van der Waals surface area contributed by atoms with Crippen molar-refractivity contribution in [2.75, 3.05) is 12.9 Å². The lowest BCUT2D eigenvalue weighted by Gasteiger charge is -2.09. The van der Waals surface area contributed by atoms with Gasteiger partial charge in [-0.05, 0) is 19.1 Å². The largest absolute Gasteiger partial charge is 0.377 e. The summed E-state index contributed by atoms with van der Waals surface area (Å²) in [5, 5.41) is 9.11. The average Bonchev–Trinajstić information content (AvgIpc) is 3.04. The van der Waals surface area contributed by atoms with E-state index in [0.29, 0.717) is 28.9 Å². The number of carbonyl (C=O) groups excluding carboxylic acids is 1. The van der Waals surface area contributed by atoms with Gasteiger partial charge in [-0.15, -0.1) is 10.2 Å². The van der Waals surface area contributed by atoms with Crippen molar-refractivity contribution in [3.05, 3.63) is 71.5 Å². The van der Waals surface area contributed by atoms with Crippen LogP contribution in [0.3, 0.4) is 0 Å². The smallest absolute Gasteiger partial charge is 0.196 e. The average molecular weight is 353 g/mol. The molecular weight excluding hydrogens is 334 g/mol. The van der Waals surface area contributed by atoms with Gasteiger partial charge in [0, 0.05) is 18.4 Å². The molecule has 0 saturated heterocycles. The molecule has 0 saturated carbocycles. The summed E-state index contributed by atoms with van der Waals surface area (Å²) in [6, 6.07) is 17.4. The first-order chi connectivity index (χ1) is 12.2. The molecule has 3 rings (SSSR count). The van der Waals surface area contributed by atoms with Gasteiger partial charge in [-0.3, -0.25) is 9.36 Å². The van der Waals surface area contributed by atoms with E-state index in [4.69, 9.17) is 4.74 Å². The van der Waals surface area contributed by atoms with Crippen molar-refractivity contribution >= 4 is 17.5 Å². The summed E-state index contributed by atoms with van der Waals surface area (Å²) in [6.07, 6.45) is 0. The van der Waals surface area contributed by atoms with Gasteiger partial charge < -0.3 is 4.74 Å². The van der Waals surface area contributed by atoms with Gasteiger partial charge in [0.2, 0.25) is 0 Å². The van der Waals surface area contributed by atoms with E-state index in [1.165, 1.54) is 11.8 Å². The Morgan fingerprint density at radius 1 is 1.08 bits per heavy atom. The first-order valence-corrected chi connectivity index (χ1v) is 8.89. The number of benzene rings is 2. The number of aryl methyl sites for hydroxylation is 1. The quantitative estimate of drug-likeness (QED) is 0.479. The van der Waals surface area contributed by atoms with Crippen molar-refractivity contribution in [2.45, 2.75) is 18.7 Å². The van der Waals surface area contributed by atoms with Gasteiger partial charge in [-0.2, -0.15) is 0 Å². The lowest BCUT2D eigenvalue weighted by atomic mass is 10.1.